The molecular formula is C16H24N2O2. The van der Waals surface area contributed by atoms with E-state index in [0.29, 0.717) is 19.8 Å². The van der Waals surface area contributed by atoms with E-state index < -0.39 is 0 Å². The van der Waals surface area contributed by atoms with Crippen LogP contribution in [0.3, 0.4) is 0 Å². The zero-order valence-corrected chi connectivity index (χ0v) is 12.6. The Hall–Kier alpha value is -1.41. The summed E-state index contributed by atoms with van der Waals surface area (Å²) in [6.45, 7) is 4.90. The highest BCUT2D eigenvalue weighted by Crippen LogP contribution is 2.17. The van der Waals surface area contributed by atoms with E-state index in [9.17, 15) is 5.26 Å². The maximum absolute atomic E-state index is 9.43. The van der Waals surface area contributed by atoms with E-state index in [1.807, 2.05) is 30.3 Å². The van der Waals surface area contributed by atoms with Crippen LogP contribution in [-0.4, -0.2) is 51.5 Å². The van der Waals surface area contributed by atoms with E-state index in [-0.39, 0.29) is 12.0 Å². The van der Waals surface area contributed by atoms with Crippen molar-refractivity contribution in [1.29, 1.82) is 5.26 Å². The van der Waals surface area contributed by atoms with Gasteiger partial charge in [-0.15, -0.1) is 0 Å². The molecule has 0 aromatic heterocycles. The summed E-state index contributed by atoms with van der Waals surface area (Å²) in [6, 6.07) is 12.6. The minimum Gasteiger partial charge on any atom is -0.383 e. The number of nitriles is 1. The number of nitrogens with zero attached hydrogens (tertiary/aromatic N) is 2. The average Bonchev–Trinajstić information content (AvgIpc) is 2.48. The van der Waals surface area contributed by atoms with Crippen molar-refractivity contribution in [2.75, 3.05) is 40.5 Å². The Labute approximate surface area is 121 Å². The van der Waals surface area contributed by atoms with Crippen molar-refractivity contribution in [2.24, 2.45) is 0 Å². The van der Waals surface area contributed by atoms with Gasteiger partial charge in [-0.1, -0.05) is 30.3 Å². The summed E-state index contributed by atoms with van der Waals surface area (Å²) in [5, 5.41) is 9.43. The Balaban J connectivity index is 2.73. The van der Waals surface area contributed by atoms with E-state index in [2.05, 4.69) is 17.9 Å². The average molecular weight is 276 g/mol. The van der Waals surface area contributed by atoms with Crippen molar-refractivity contribution in [3.63, 3.8) is 0 Å². The summed E-state index contributed by atoms with van der Waals surface area (Å²) in [5.41, 5.74) is 1.06. The van der Waals surface area contributed by atoms with Crippen molar-refractivity contribution in [1.82, 2.24) is 4.90 Å². The van der Waals surface area contributed by atoms with Gasteiger partial charge in [0.15, 0.2) is 0 Å². The van der Waals surface area contributed by atoms with E-state index >= 15 is 0 Å². The van der Waals surface area contributed by atoms with E-state index in [4.69, 9.17) is 9.47 Å². The lowest BCUT2D eigenvalue weighted by atomic mass is 9.99. The quantitative estimate of drug-likeness (QED) is 0.694. The van der Waals surface area contributed by atoms with Crippen LogP contribution in [0.4, 0.5) is 0 Å². The highest BCUT2D eigenvalue weighted by atomic mass is 16.5. The summed E-state index contributed by atoms with van der Waals surface area (Å²) >= 11 is 0. The van der Waals surface area contributed by atoms with Crippen LogP contribution in [0.5, 0.6) is 0 Å². The van der Waals surface area contributed by atoms with Crippen LogP contribution < -0.4 is 0 Å². The molecule has 0 aliphatic carbocycles. The lowest BCUT2D eigenvalue weighted by Gasteiger charge is -2.30. The molecule has 0 radical (unpaired) electrons. The van der Waals surface area contributed by atoms with E-state index in [0.717, 1.165) is 12.1 Å². The molecule has 1 rings (SSSR count). The fraction of sp³-hybridized carbons (Fsp3) is 0.562. The van der Waals surface area contributed by atoms with Gasteiger partial charge in [0.25, 0.3) is 0 Å². The van der Waals surface area contributed by atoms with Gasteiger partial charge < -0.3 is 9.47 Å². The third kappa shape index (κ3) is 5.30. The number of rotatable bonds is 9. The number of hydrogen-bond acceptors (Lipinski definition) is 4. The molecule has 0 saturated carbocycles. The maximum atomic E-state index is 9.43. The lowest BCUT2D eigenvalue weighted by molar-refractivity contribution is 0.0738. The van der Waals surface area contributed by atoms with Gasteiger partial charge in [0.1, 0.15) is 0 Å². The molecule has 2 unspecified atom stereocenters. The van der Waals surface area contributed by atoms with Gasteiger partial charge >= 0.3 is 0 Å². The second-order valence-electron chi connectivity index (χ2n) is 4.88. The molecule has 2 atom stereocenters. The molecule has 1 aromatic rings. The number of hydrogen-bond donors (Lipinski definition) is 0. The number of methoxy groups -OCH3 is 2. The molecule has 4 nitrogen and oxygen atoms in total. The Morgan fingerprint density at radius 1 is 1.20 bits per heavy atom. The van der Waals surface area contributed by atoms with Crippen LogP contribution in [0.25, 0.3) is 0 Å². The topological polar surface area (TPSA) is 45.5 Å². The molecule has 0 fully saturated rings. The minimum absolute atomic E-state index is 0.132. The monoisotopic (exact) mass is 276 g/mol. The van der Waals surface area contributed by atoms with Crippen LogP contribution in [-0.2, 0) is 9.47 Å². The first-order valence-corrected chi connectivity index (χ1v) is 6.89. The largest absolute Gasteiger partial charge is 0.383 e. The standard InChI is InChI=1S/C16H24N2O2/c1-14(13-20-3)18(9-10-19-2)12-16(11-17)15-7-5-4-6-8-15/h4-8,14,16H,9-10,12-13H2,1-3H3. The Morgan fingerprint density at radius 3 is 2.45 bits per heavy atom. The molecule has 0 bridgehead atoms. The van der Waals surface area contributed by atoms with Crippen LogP contribution in [0.1, 0.15) is 18.4 Å². The molecule has 4 heteroatoms. The van der Waals surface area contributed by atoms with Crippen LogP contribution in [0.2, 0.25) is 0 Å². The summed E-state index contributed by atoms with van der Waals surface area (Å²) in [6.07, 6.45) is 0. The third-order valence-electron chi connectivity index (χ3n) is 3.39. The predicted octanol–water partition coefficient (Wildman–Crippen LogP) is 2.28. The van der Waals surface area contributed by atoms with E-state index in [1.165, 1.54) is 0 Å². The summed E-state index contributed by atoms with van der Waals surface area (Å²) in [5.74, 6) is -0.132. The van der Waals surface area contributed by atoms with Crippen molar-refractivity contribution in [2.45, 2.75) is 18.9 Å². The minimum atomic E-state index is -0.132. The molecular weight excluding hydrogens is 252 g/mol. The molecule has 0 N–H and O–H groups in total. The molecule has 0 saturated heterocycles. The number of benzene rings is 1. The van der Waals surface area contributed by atoms with Gasteiger partial charge in [-0.3, -0.25) is 4.90 Å². The molecule has 0 heterocycles. The predicted molar refractivity (Wildman–Crippen MR) is 79.6 cm³/mol. The molecule has 110 valence electrons. The first kappa shape index (κ1) is 16.6. The van der Waals surface area contributed by atoms with Crippen molar-refractivity contribution < 1.29 is 9.47 Å². The van der Waals surface area contributed by atoms with Crippen molar-refractivity contribution in [3.05, 3.63) is 35.9 Å². The van der Waals surface area contributed by atoms with Crippen LogP contribution >= 0.6 is 0 Å². The van der Waals surface area contributed by atoms with Crippen molar-refractivity contribution in [3.8, 4) is 6.07 Å². The maximum Gasteiger partial charge on any atom is 0.0839 e. The molecule has 0 amide bonds. The smallest absolute Gasteiger partial charge is 0.0839 e. The second kappa shape index (κ2) is 9.49. The Kier molecular flexibility index (Phi) is 7.89. The summed E-state index contributed by atoms with van der Waals surface area (Å²) in [4.78, 5) is 2.24. The van der Waals surface area contributed by atoms with Gasteiger partial charge in [0.2, 0.25) is 0 Å². The lowest BCUT2D eigenvalue weighted by Crippen LogP contribution is -2.41. The fourth-order valence-corrected chi connectivity index (χ4v) is 2.19. The molecule has 20 heavy (non-hydrogen) atoms. The Bertz CT molecular complexity index is 403. The summed E-state index contributed by atoms with van der Waals surface area (Å²) < 4.78 is 10.4. The van der Waals surface area contributed by atoms with Gasteiger partial charge in [0.05, 0.1) is 25.2 Å². The first-order chi connectivity index (χ1) is 9.72. The molecule has 0 aliphatic rings. The Morgan fingerprint density at radius 2 is 1.90 bits per heavy atom. The molecule has 1 aromatic carbocycles. The normalized spacial score (nSPS) is 13.9. The van der Waals surface area contributed by atoms with E-state index in [1.54, 1.807) is 14.2 Å². The highest BCUT2D eigenvalue weighted by molar-refractivity contribution is 5.25. The SMILES string of the molecule is COCCN(CC(C#N)c1ccccc1)C(C)COC. The second-order valence-corrected chi connectivity index (χ2v) is 4.88. The fourth-order valence-electron chi connectivity index (χ4n) is 2.19. The first-order valence-electron chi connectivity index (χ1n) is 6.89. The van der Waals surface area contributed by atoms with Crippen molar-refractivity contribution >= 4 is 0 Å². The van der Waals surface area contributed by atoms with Gasteiger partial charge in [-0.25, -0.2) is 0 Å². The van der Waals surface area contributed by atoms with Crippen LogP contribution in [0.15, 0.2) is 30.3 Å². The summed E-state index contributed by atoms with van der Waals surface area (Å²) in [7, 11) is 3.39. The molecule has 0 aliphatic heterocycles. The third-order valence-corrected chi connectivity index (χ3v) is 3.39. The molecule has 0 spiro atoms. The van der Waals surface area contributed by atoms with Crippen LogP contribution in [0, 0.1) is 11.3 Å². The zero-order chi connectivity index (χ0) is 14.8. The highest BCUT2D eigenvalue weighted by Gasteiger charge is 2.19. The number of ether oxygens (including phenoxy) is 2. The van der Waals surface area contributed by atoms with Gasteiger partial charge in [0, 0.05) is 33.4 Å². The van der Waals surface area contributed by atoms with Gasteiger partial charge in [-0.2, -0.15) is 5.26 Å². The van der Waals surface area contributed by atoms with Gasteiger partial charge in [-0.05, 0) is 12.5 Å². The zero-order valence-electron chi connectivity index (χ0n) is 12.6.